The number of rotatable bonds is 22. The van der Waals surface area contributed by atoms with Gasteiger partial charge in [-0.25, -0.2) is 0 Å². The van der Waals surface area contributed by atoms with Crippen LogP contribution in [0.2, 0.25) is 0 Å². The smallest absolute Gasteiger partial charge is 0.251 e. The highest BCUT2D eigenvalue weighted by molar-refractivity contribution is 8.77. The number of ether oxygens (including phenoxy) is 5. The second-order valence-electron chi connectivity index (χ2n) is 11.2. The molecule has 2 unspecified atom stereocenters. The summed E-state index contributed by atoms with van der Waals surface area (Å²) in [5.74, 6) is 6.03. The number of aliphatic hydroxyl groups is 1. The van der Waals surface area contributed by atoms with Crippen LogP contribution in [0.5, 0.6) is 5.75 Å². The van der Waals surface area contributed by atoms with Crippen LogP contribution in [-0.4, -0.2) is 123 Å². The molecule has 264 valence electrons. The average Bonchev–Trinajstić information content (AvgIpc) is 3.44. The van der Waals surface area contributed by atoms with Crippen molar-refractivity contribution in [2.45, 2.75) is 61.0 Å². The van der Waals surface area contributed by atoms with Crippen molar-refractivity contribution in [2.75, 3.05) is 65.5 Å². The van der Waals surface area contributed by atoms with Crippen LogP contribution in [0.25, 0.3) is 0 Å². The van der Waals surface area contributed by atoms with E-state index in [1.165, 1.54) is 0 Å². The predicted molar refractivity (Wildman–Crippen MR) is 196 cm³/mol. The molecule has 5 atom stereocenters. The van der Waals surface area contributed by atoms with Crippen LogP contribution in [0.4, 0.5) is 0 Å². The van der Waals surface area contributed by atoms with Gasteiger partial charge < -0.3 is 50.9 Å². The van der Waals surface area contributed by atoms with Crippen LogP contribution >= 0.6 is 43.2 Å². The highest BCUT2D eigenvalue weighted by Crippen LogP contribution is 2.38. The van der Waals surface area contributed by atoms with Crippen LogP contribution in [0.1, 0.15) is 37.6 Å². The first-order valence-electron chi connectivity index (χ1n) is 15.4. The number of benzene rings is 1. The van der Waals surface area contributed by atoms with Gasteiger partial charge in [-0.2, -0.15) is 5.82 Å². The van der Waals surface area contributed by atoms with Gasteiger partial charge >= 0.3 is 0 Å². The molecule has 0 saturated carbocycles. The monoisotopic (exact) mass is 732 g/mol. The van der Waals surface area contributed by atoms with Crippen LogP contribution in [0, 0.1) is 11.7 Å². The summed E-state index contributed by atoms with van der Waals surface area (Å²) in [4.78, 5) is 24.4. The normalized spacial score (nSPS) is 18.9. The Morgan fingerprint density at radius 3 is 2.70 bits per heavy atom. The number of aliphatic hydroxyl groups excluding tert-OH is 1. The van der Waals surface area contributed by atoms with Crippen molar-refractivity contribution in [1.29, 1.82) is 0 Å². The van der Waals surface area contributed by atoms with Gasteiger partial charge in [-0.1, -0.05) is 75.9 Å². The predicted octanol–water partition coefficient (Wildman–Crippen LogP) is 1.60. The molecule has 1 fully saturated rings. The van der Waals surface area contributed by atoms with Gasteiger partial charge in [-0.05, 0) is 30.9 Å². The lowest BCUT2D eigenvalue weighted by molar-refractivity contribution is -0.126. The zero-order valence-electron chi connectivity index (χ0n) is 27.6. The van der Waals surface area contributed by atoms with Gasteiger partial charge in [0, 0.05) is 35.9 Å². The van der Waals surface area contributed by atoms with Crippen molar-refractivity contribution in [3.63, 3.8) is 0 Å². The van der Waals surface area contributed by atoms with Crippen LogP contribution in [0.3, 0.4) is 0 Å². The Labute approximate surface area is 295 Å². The zero-order valence-corrected chi connectivity index (χ0v) is 30.8. The molecule has 7 N–H and O–H groups in total. The van der Waals surface area contributed by atoms with Gasteiger partial charge in [0.25, 0.3) is 5.91 Å². The van der Waals surface area contributed by atoms with Crippen molar-refractivity contribution in [2.24, 2.45) is 11.5 Å². The molecule has 12 nitrogen and oxygen atoms in total. The third kappa shape index (κ3) is 18.3. The van der Waals surface area contributed by atoms with E-state index in [2.05, 4.69) is 43.1 Å². The van der Waals surface area contributed by atoms with Crippen molar-refractivity contribution in [3.8, 4) is 17.5 Å². The third-order valence-electron chi connectivity index (χ3n) is 6.09. The fourth-order valence-corrected chi connectivity index (χ4v) is 7.67. The fourth-order valence-electron chi connectivity index (χ4n) is 3.98. The molecule has 0 bridgehead atoms. The minimum atomic E-state index is -0.406. The number of hydrogen-bond donors (Lipinski definition) is 5. The molecule has 2 rings (SSSR count). The van der Waals surface area contributed by atoms with Crippen LogP contribution in [-0.2, 0) is 23.7 Å². The van der Waals surface area contributed by atoms with Crippen molar-refractivity contribution in [3.05, 3.63) is 29.8 Å². The summed E-state index contributed by atoms with van der Waals surface area (Å²) < 4.78 is 29.4. The van der Waals surface area contributed by atoms with E-state index in [0.29, 0.717) is 44.6 Å². The van der Waals surface area contributed by atoms with E-state index in [1.54, 1.807) is 67.4 Å². The van der Waals surface area contributed by atoms with Crippen molar-refractivity contribution >= 4 is 62.3 Å². The quantitative estimate of drug-likeness (QED) is 0.0382. The zero-order chi connectivity index (χ0) is 34.5. The van der Waals surface area contributed by atoms with Crippen molar-refractivity contribution in [1.82, 2.24) is 10.6 Å². The van der Waals surface area contributed by atoms with E-state index in [9.17, 15) is 14.7 Å². The summed E-state index contributed by atoms with van der Waals surface area (Å²) in [6.07, 6.45) is 1.94. The summed E-state index contributed by atoms with van der Waals surface area (Å²) in [6.45, 7) is 8.16. The van der Waals surface area contributed by atoms with Crippen LogP contribution < -0.4 is 26.8 Å². The van der Waals surface area contributed by atoms with E-state index in [0.717, 1.165) is 0 Å². The molecule has 2 amide bonds. The lowest BCUT2D eigenvalue weighted by Crippen LogP contribution is -2.33. The minimum absolute atomic E-state index is 0.00841. The Morgan fingerprint density at radius 1 is 1.19 bits per heavy atom. The third-order valence-corrected chi connectivity index (χ3v) is 11.5. The summed E-state index contributed by atoms with van der Waals surface area (Å²) >= 11 is 0. The number of hydrogen-bond acceptors (Lipinski definition) is 14. The van der Waals surface area contributed by atoms with Gasteiger partial charge in [0.1, 0.15) is 35.9 Å². The van der Waals surface area contributed by atoms with Gasteiger partial charge in [0.2, 0.25) is 13.2 Å². The Morgan fingerprint density at radius 2 is 2.00 bits per heavy atom. The van der Waals surface area contributed by atoms with E-state index in [-0.39, 0.29) is 79.1 Å². The Kier molecular flexibility index (Phi) is 21.3. The highest BCUT2D eigenvalue weighted by Gasteiger charge is 2.37. The van der Waals surface area contributed by atoms with Gasteiger partial charge in [0.15, 0.2) is 0 Å². The summed E-state index contributed by atoms with van der Waals surface area (Å²) in [6, 6.07) is 6.79. The maximum absolute atomic E-state index is 12.3. The summed E-state index contributed by atoms with van der Waals surface area (Å²) in [7, 11) is 6.83. The number of amides is 2. The van der Waals surface area contributed by atoms with Crippen LogP contribution in [0.15, 0.2) is 24.3 Å². The Hall–Kier alpha value is -1.30. The molecule has 1 aromatic carbocycles. The second-order valence-corrected chi connectivity index (χ2v) is 17.0. The number of nitrogens with two attached hydrogens (primary N) is 2. The maximum Gasteiger partial charge on any atom is 0.251 e. The molecule has 1 saturated heterocycles. The largest absolute Gasteiger partial charge is 0.490 e. The highest BCUT2D eigenvalue weighted by atomic mass is 33.1. The molecule has 47 heavy (non-hydrogen) atoms. The molecule has 17 heteroatoms. The number of carbonyl (C=O) groups is 2. The summed E-state index contributed by atoms with van der Waals surface area (Å²) in [5, 5.41) is 15.1. The minimum Gasteiger partial charge on any atom is -0.490 e. The first-order valence-corrected chi connectivity index (χ1v) is 20.2. The summed E-state index contributed by atoms with van der Waals surface area (Å²) in [5.41, 5.74) is 11.3. The van der Waals surface area contributed by atoms with E-state index in [4.69, 9.17) is 35.2 Å². The topological polar surface area (TPSA) is 177 Å². The maximum atomic E-state index is 12.3. The number of carbonyl (C=O) groups excluding carboxylic acids is 2. The molecule has 1 heterocycles. The molecule has 0 spiro atoms. The van der Waals surface area contributed by atoms with Gasteiger partial charge in [0.05, 0.1) is 32.5 Å². The van der Waals surface area contributed by atoms with Gasteiger partial charge in [-0.15, -0.1) is 0 Å². The Balaban J connectivity index is 1.69. The number of nitrogens with one attached hydrogen (secondary N) is 2. The standard InChI is InChI=1S/C30H49BN4O8S4/c1-30(2,3)47-46-28(20-41-22-8-5-7-21(15-22)29(38)35-12-10-32)40-14-13-39-19-26(37)34-11-6-9-31-25-16-23(24(18-36)42-25)43-27(17-33)45-44-4/h5,7-8,15,23-25,27-28,31,36H,10-14,16-20,32-33H2,1-4H3,(H,34,37)(H,35,38)/t23-,24?,25-,27+,28?/m1/s1. The first-order chi connectivity index (χ1) is 22.6. The SMILES string of the molecule is CSS[C@@H](CN)O[C@@H]1C[C@H](BC#CCNC(=O)COCCOC(COc2cccc(C(=O)NCCN)c2)SSC(C)(C)C)OC1CO. The lowest BCUT2D eigenvalue weighted by atomic mass is 9.71. The molecule has 1 aromatic rings. The van der Waals surface area contributed by atoms with E-state index in [1.807, 2.05) is 6.26 Å². The van der Waals surface area contributed by atoms with Gasteiger partial charge in [-0.3, -0.25) is 9.59 Å². The molecule has 1 aliphatic rings. The Bertz CT molecular complexity index is 1130. The van der Waals surface area contributed by atoms with E-state index >= 15 is 0 Å². The molecular formula is C30H49BN4O8S4. The molecular weight excluding hydrogens is 683 g/mol. The van der Waals surface area contributed by atoms with E-state index < -0.39 is 6.10 Å². The molecule has 1 aliphatic heterocycles. The molecule has 0 radical (unpaired) electrons. The lowest BCUT2D eigenvalue weighted by Gasteiger charge is -2.22. The second kappa shape index (κ2) is 24.0. The molecule has 0 aliphatic carbocycles. The van der Waals surface area contributed by atoms with Crippen molar-refractivity contribution < 1.29 is 38.4 Å². The first kappa shape index (κ1) is 41.9. The average molecular weight is 733 g/mol. The molecule has 0 aromatic heterocycles. The fraction of sp³-hybridized carbons (Fsp3) is 0.667.